The van der Waals surface area contributed by atoms with E-state index in [1.807, 2.05) is 0 Å². The van der Waals surface area contributed by atoms with Gasteiger partial charge in [-0.15, -0.1) is 13.2 Å². The first-order valence-corrected chi connectivity index (χ1v) is 5.22. The van der Waals surface area contributed by atoms with Crippen molar-refractivity contribution in [3.05, 3.63) is 29.8 Å². The van der Waals surface area contributed by atoms with Crippen LogP contribution in [0.25, 0.3) is 0 Å². The lowest BCUT2D eigenvalue weighted by Crippen LogP contribution is -2.17. The molecule has 0 saturated carbocycles. The maximum absolute atomic E-state index is 11.9. The summed E-state index contributed by atoms with van der Waals surface area (Å²) < 4.78 is 39.5. The van der Waals surface area contributed by atoms with Crippen molar-refractivity contribution >= 4 is 5.78 Å². The molecule has 0 aliphatic rings. The third kappa shape index (κ3) is 4.09. The van der Waals surface area contributed by atoms with Gasteiger partial charge in [0.2, 0.25) is 0 Å². The molecule has 0 aliphatic heterocycles. The lowest BCUT2D eigenvalue weighted by molar-refractivity contribution is -0.274. The number of benzene rings is 1. The molecule has 0 radical (unpaired) electrons. The minimum absolute atomic E-state index is 0.0505. The summed E-state index contributed by atoms with van der Waals surface area (Å²) in [6, 6.07) is 5.36. The molecule has 0 aliphatic carbocycles. The molecule has 1 rings (SSSR count). The van der Waals surface area contributed by atoms with Crippen LogP contribution in [-0.4, -0.2) is 12.1 Å². The summed E-state index contributed by atoms with van der Waals surface area (Å²) in [5, 5.41) is 0. The topological polar surface area (TPSA) is 26.3 Å². The highest BCUT2D eigenvalue weighted by Gasteiger charge is 2.31. The van der Waals surface area contributed by atoms with Crippen molar-refractivity contribution in [2.45, 2.75) is 32.5 Å². The lowest BCUT2D eigenvalue weighted by atomic mass is 9.95. The molecule has 0 bridgehead atoms. The highest BCUT2D eigenvalue weighted by molar-refractivity contribution is 5.85. The average Bonchev–Trinajstić information content (AvgIpc) is 2.26. The fraction of sp³-hybridized carbons (Fsp3) is 0.417. The number of halogens is 3. The van der Waals surface area contributed by atoms with Gasteiger partial charge < -0.3 is 4.74 Å². The van der Waals surface area contributed by atoms with Gasteiger partial charge in [-0.05, 0) is 17.7 Å². The van der Waals surface area contributed by atoms with Gasteiger partial charge in [0.15, 0.2) is 0 Å². The Morgan fingerprint density at radius 1 is 1.29 bits per heavy atom. The molecule has 17 heavy (non-hydrogen) atoms. The molecule has 0 fully saturated rings. The molecule has 1 unspecified atom stereocenters. The Labute approximate surface area is 97.4 Å². The highest BCUT2D eigenvalue weighted by Crippen LogP contribution is 2.25. The molecule has 1 aromatic rings. The molecule has 0 spiro atoms. The van der Waals surface area contributed by atoms with Crippen LogP contribution in [0, 0.1) is 0 Å². The molecule has 5 heteroatoms. The molecule has 94 valence electrons. The molecular weight excluding hydrogens is 233 g/mol. The first kappa shape index (κ1) is 13.5. The summed E-state index contributed by atoms with van der Waals surface area (Å²) in [4.78, 5) is 11.4. The molecular formula is C12H13F3O2. The van der Waals surface area contributed by atoms with Crippen LogP contribution < -0.4 is 4.74 Å². The van der Waals surface area contributed by atoms with Crippen LogP contribution in [0.4, 0.5) is 13.2 Å². The van der Waals surface area contributed by atoms with Crippen LogP contribution in [-0.2, 0) is 4.79 Å². The summed E-state index contributed by atoms with van der Waals surface area (Å²) in [7, 11) is 0. The number of hydrogen-bond donors (Lipinski definition) is 0. The summed E-state index contributed by atoms with van der Waals surface area (Å²) in [6.07, 6.45) is -4.28. The van der Waals surface area contributed by atoms with Crippen molar-refractivity contribution in [3.8, 4) is 5.75 Å². The molecule has 1 atom stereocenters. The highest BCUT2D eigenvalue weighted by atomic mass is 19.4. The van der Waals surface area contributed by atoms with Gasteiger partial charge in [0, 0.05) is 12.3 Å². The first-order valence-electron chi connectivity index (χ1n) is 5.22. The molecule has 0 aromatic heterocycles. The monoisotopic (exact) mass is 246 g/mol. The van der Waals surface area contributed by atoms with Gasteiger partial charge in [0.25, 0.3) is 0 Å². The lowest BCUT2D eigenvalue weighted by Gasteiger charge is -2.12. The first-order chi connectivity index (χ1) is 7.83. The summed E-state index contributed by atoms with van der Waals surface area (Å²) in [5.74, 6) is -0.535. The van der Waals surface area contributed by atoms with Gasteiger partial charge >= 0.3 is 6.36 Å². The minimum atomic E-state index is -4.69. The van der Waals surface area contributed by atoms with Crippen LogP contribution in [0.3, 0.4) is 0 Å². The van der Waals surface area contributed by atoms with Crippen molar-refractivity contribution in [2.24, 2.45) is 0 Å². The smallest absolute Gasteiger partial charge is 0.406 e. The Hall–Kier alpha value is -1.52. The van der Waals surface area contributed by atoms with E-state index in [-0.39, 0.29) is 17.5 Å². The van der Waals surface area contributed by atoms with Crippen molar-refractivity contribution in [3.63, 3.8) is 0 Å². The van der Waals surface area contributed by atoms with Crippen LogP contribution in [0.2, 0.25) is 0 Å². The van der Waals surface area contributed by atoms with E-state index in [0.29, 0.717) is 12.0 Å². The maximum Gasteiger partial charge on any atom is 0.573 e. The third-order valence-electron chi connectivity index (χ3n) is 2.45. The van der Waals surface area contributed by atoms with Crippen LogP contribution >= 0.6 is 0 Å². The number of alkyl halides is 3. The standard InChI is InChI=1S/C12H13F3O2/c1-3-11(16)8(2)9-4-6-10(7-5-9)17-12(13,14)15/h4-8H,3H2,1-2H3. The number of ether oxygens (including phenoxy) is 1. The molecule has 0 saturated heterocycles. The SMILES string of the molecule is CCC(=O)C(C)c1ccc(OC(F)(F)F)cc1. The number of rotatable bonds is 4. The van der Waals surface area contributed by atoms with Gasteiger partial charge in [-0.1, -0.05) is 26.0 Å². The number of hydrogen-bond acceptors (Lipinski definition) is 2. The Balaban J connectivity index is 2.78. The van der Waals surface area contributed by atoms with Crippen LogP contribution in [0.1, 0.15) is 31.7 Å². The fourth-order valence-electron chi connectivity index (χ4n) is 1.45. The van der Waals surface area contributed by atoms with Crippen molar-refractivity contribution < 1.29 is 22.7 Å². The van der Waals surface area contributed by atoms with E-state index in [1.165, 1.54) is 24.3 Å². The van der Waals surface area contributed by atoms with Crippen LogP contribution in [0.5, 0.6) is 5.75 Å². The predicted molar refractivity (Wildman–Crippen MR) is 56.8 cm³/mol. The Kier molecular flexibility index (Phi) is 4.15. The second-order valence-corrected chi connectivity index (χ2v) is 3.66. The van der Waals surface area contributed by atoms with Gasteiger partial charge in [0.05, 0.1) is 0 Å². The number of carbonyl (C=O) groups is 1. The van der Waals surface area contributed by atoms with E-state index >= 15 is 0 Å². The van der Waals surface area contributed by atoms with Gasteiger partial charge in [0.1, 0.15) is 11.5 Å². The molecule has 0 N–H and O–H groups in total. The summed E-state index contributed by atoms with van der Waals surface area (Å²) >= 11 is 0. The van der Waals surface area contributed by atoms with E-state index < -0.39 is 6.36 Å². The molecule has 0 heterocycles. The van der Waals surface area contributed by atoms with E-state index in [9.17, 15) is 18.0 Å². The van der Waals surface area contributed by atoms with E-state index in [2.05, 4.69) is 4.74 Å². The normalized spacial score (nSPS) is 13.2. The largest absolute Gasteiger partial charge is 0.573 e. The fourth-order valence-corrected chi connectivity index (χ4v) is 1.45. The predicted octanol–water partition coefficient (Wildman–Crippen LogP) is 3.67. The zero-order chi connectivity index (χ0) is 13.1. The van der Waals surface area contributed by atoms with Gasteiger partial charge in [-0.3, -0.25) is 4.79 Å². The number of ketones is 1. The Bertz CT molecular complexity index is 382. The van der Waals surface area contributed by atoms with Crippen molar-refractivity contribution in [2.75, 3.05) is 0 Å². The van der Waals surface area contributed by atoms with E-state index in [0.717, 1.165) is 0 Å². The quantitative estimate of drug-likeness (QED) is 0.810. The minimum Gasteiger partial charge on any atom is -0.406 e. The number of Topliss-reactive ketones (excluding diaryl/α,β-unsaturated/α-hetero) is 1. The van der Waals surface area contributed by atoms with Crippen molar-refractivity contribution in [1.29, 1.82) is 0 Å². The molecule has 0 amide bonds. The molecule has 2 nitrogen and oxygen atoms in total. The maximum atomic E-state index is 11.9. The zero-order valence-corrected chi connectivity index (χ0v) is 9.54. The van der Waals surface area contributed by atoms with Gasteiger partial charge in [-0.2, -0.15) is 0 Å². The van der Waals surface area contributed by atoms with Crippen LogP contribution in [0.15, 0.2) is 24.3 Å². The van der Waals surface area contributed by atoms with E-state index in [4.69, 9.17) is 0 Å². The van der Waals surface area contributed by atoms with E-state index in [1.54, 1.807) is 13.8 Å². The second-order valence-electron chi connectivity index (χ2n) is 3.66. The second kappa shape index (κ2) is 5.21. The Morgan fingerprint density at radius 3 is 2.24 bits per heavy atom. The molecule has 1 aromatic carbocycles. The average molecular weight is 246 g/mol. The summed E-state index contributed by atoms with van der Waals surface area (Å²) in [5.41, 5.74) is 0.686. The zero-order valence-electron chi connectivity index (χ0n) is 9.54. The Morgan fingerprint density at radius 2 is 1.82 bits per heavy atom. The van der Waals surface area contributed by atoms with Gasteiger partial charge in [-0.25, -0.2) is 0 Å². The summed E-state index contributed by atoms with van der Waals surface area (Å²) in [6.45, 7) is 3.48. The van der Waals surface area contributed by atoms with Crippen molar-refractivity contribution in [1.82, 2.24) is 0 Å². The third-order valence-corrected chi connectivity index (χ3v) is 2.45. The number of carbonyl (C=O) groups excluding carboxylic acids is 1.